The summed E-state index contributed by atoms with van der Waals surface area (Å²) in [5.41, 5.74) is -0.452. The Morgan fingerprint density at radius 2 is 1.61 bits per heavy atom. The van der Waals surface area contributed by atoms with Gasteiger partial charge in [0.15, 0.2) is 10.7 Å². The Hall–Kier alpha value is -1.57. The molecule has 0 radical (unpaired) electrons. The van der Waals surface area contributed by atoms with Gasteiger partial charge < -0.3 is 4.74 Å². The van der Waals surface area contributed by atoms with E-state index < -0.39 is 32.2 Å². The molecule has 1 nitrogen and oxygen atoms in total. The molecule has 0 aliphatic carbocycles. The second-order valence-corrected chi connectivity index (χ2v) is 7.29. The Bertz CT molecular complexity index is 594. The summed E-state index contributed by atoms with van der Waals surface area (Å²) in [5.74, 6) is -3.17. The van der Waals surface area contributed by atoms with Crippen LogP contribution in [0, 0.1) is 5.82 Å². The SMILES string of the molecule is C=CCCCOc1ccc(CCC=C)c(F)c1S(F)(F)(F)(F)F. The standard InChI is InChI=1S/C15H18F6OS/c1-3-5-7-11-22-13-10-9-12(8-6-4-2)14(16)15(13)23(17,18,19,20)21/h3-4,9-10H,1-2,5-8,11H2. The molecule has 23 heavy (non-hydrogen) atoms. The molecule has 0 fully saturated rings. The van der Waals surface area contributed by atoms with Crippen LogP contribution in [0.1, 0.15) is 24.8 Å². The second-order valence-electron chi connectivity index (χ2n) is 4.94. The molecule has 0 unspecified atom stereocenters. The van der Waals surface area contributed by atoms with E-state index in [-0.39, 0.29) is 25.9 Å². The van der Waals surface area contributed by atoms with Crippen molar-refractivity contribution < 1.29 is 28.6 Å². The third-order valence-corrected chi connectivity index (χ3v) is 4.11. The van der Waals surface area contributed by atoms with E-state index in [1.54, 1.807) is 0 Å². The Labute approximate surface area is 131 Å². The van der Waals surface area contributed by atoms with Crippen molar-refractivity contribution in [3.05, 3.63) is 48.8 Å². The van der Waals surface area contributed by atoms with Crippen LogP contribution in [-0.4, -0.2) is 6.61 Å². The van der Waals surface area contributed by atoms with Crippen LogP contribution in [0.5, 0.6) is 5.75 Å². The van der Waals surface area contributed by atoms with Crippen LogP contribution in [0.3, 0.4) is 0 Å². The molecule has 1 rings (SSSR count). The van der Waals surface area contributed by atoms with E-state index in [0.29, 0.717) is 6.42 Å². The minimum Gasteiger partial charge on any atom is -0.492 e. The molecule has 0 spiro atoms. The predicted molar refractivity (Wildman–Crippen MR) is 81.2 cm³/mol. The first-order valence-corrected chi connectivity index (χ1v) is 8.76. The van der Waals surface area contributed by atoms with Gasteiger partial charge in [-0.25, -0.2) is 4.39 Å². The second kappa shape index (κ2) is 6.14. The molecule has 0 atom stereocenters. The van der Waals surface area contributed by atoms with E-state index in [1.165, 1.54) is 12.2 Å². The fourth-order valence-electron chi connectivity index (χ4n) is 1.91. The van der Waals surface area contributed by atoms with Gasteiger partial charge in [-0.1, -0.05) is 37.6 Å². The van der Waals surface area contributed by atoms with E-state index in [1.807, 2.05) is 0 Å². The van der Waals surface area contributed by atoms with Crippen molar-refractivity contribution in [2.24, 2.45) is 0 Å². The normalized spacial score (nSPS) is 14.7. The lowest BCUT2D eigenvalue weighted by Gasteiger charge is -2.41. The van der Waals surface area contributed by atoms with E-state index in [4.69, 9.17) is 4.74 Å². The topological polar surface area (TPSA) is 9.23 Å². The summed E-state index contributed by atoms with van der Waals surface area (Å²) in [5, 5.41) is 0. The fraction of sp³-hybridized carbons (Fsp3) is 0.333. The molecule has 8 heteroatoms. The molecule has 0 bridgehead atoms. The molecule has 0 heterocycles. The lowest BCUT2D eigenvalue weighted by atomic mass is 10.1. The summed E-state index contributed by atoms with van der Waals surface area (Å²) in [6.45, 7) is 6.53. The van der Waals surface area contributed by atoms with E-state index in [2.05, 4.69) is 13.2 Å². The van der Waals surface area contributed by atoms with E-state index in [0.717, 1.165) is 12.1 Å². The van der Waals surface area contributed by atoms with Crippen LogP contribution < -0.4 is 4.74 Å². The van der Waals surface area contributed by atoms with Crippen molar-refractivity contribution in [3.8, 4) is 5.75 Å². The summed E-state index contributed by atoms with van der Waals surface area (Å²) in [6.07, 6.45) is 3.59. The number of unbranched alkanes of at least 4 members (excludes halogenated alkanes) is 1. The number of halogens is 6. The van der Waals surface area contributed by atoms with Crippen molar-refractivity contribution >= 4 is 10.2 Å². The zero-order valence-electron chi connectivity index (χ0n) is 12.3. The van der Waals surface area contributed by atoms with Gasteiger partial charge in [0.05, 0.1) is 6.61 Å². The van der Waals surface area contributed by atoms with E-state index in [9.17, 15) is 23.8 Å². The molecule has 0 amide bonds. The Balaban J connectivity index is 3.33. The third kappa shape index (κ3) is 5.53. The average molecular weight is 360 g/mol. The summed E-state index contributed by atoms with van der Waals surface area (Å²) in [7, 11) is -10.2. The Morgan fingerprint density at radius 3 is 2.13 bits per heavy atom. The molecule has 0 saturated heterocycles. The molecule has 1 aromatic rings. The third-order valence-electron chi connectivity index (χ3n) is 2.95. The number of benzene rings is 1. The van der Waals surface area contributed by atoms with Crippen molar-refractivity contribution in [2.45, 2.75) is 30.6 Å². The summed E-state index contributed by atoms with van der Waals surface area (Å²) < 4.78 is 84.8. The maximum atomic E-state index is 14.1. The zero-order valence-corrected chi connectivity index (χ0v) is 13.2. The van der Waals surface area contributed by atoms with Gasteiger partial charge in [0.1, 0.15) is 5.75 Å². The highest BCUT2D eigenvalue weighted by Gasteiger charge is 2.69. The van der Waals surface area contributed by atoms with Gasteiger partial charge in [0.2, 0.25) is 0 Å². The summed E-state index contributed by atoms with van der Waals surface area (Å²) >= 11 is 0. The number of rotatable bonds is 9. The van der Waals surface area contributed by atoms with Crippen LogP contribution in [-0.2, 0) is 6.42 Å². The first-order chi connectivity index (χ1) is 10.4. The van der Waals surface area contributed by atoms with Crippen molar-refractivity contribution in [2.75, 3.05) is 6.61 Å². The number of hydrogen-bond acceptors (Lipinski definition) is 1. The van der Waals surface area contributed by atoms with Crippen molar-refractivity contribution in [1.29, 1.82) is 0 Å². The monoisotopic (exact) mass is 360 g/mol. The van der Waals surface area contributed by atoms with Crippen LogP contribution >= 0.6 is 10.2 Å². The molecule has 0 saturated carbocycles. The quantitative estimate of drug-likeness (QED) is 0.263. The van der Waals surface area contributed by atoms with Crippen molar-refractivity contribution in [1.82, 2.24) is 0 Å². The molecular formula is C15H18F6OS. The van der Waals surface area contributed by atoms with Gasteiger partial charge in [-0.2, -0.15) is 0 Å². The van der Waals surface area contributed by atoms with Crippen LogP contribution in [0.25, 0.3) is 0 Å². The zero-order chi connectivity index (χ0) is 17.8. The van der Waals surface area contributed by atoms with Crippen LogP contribution in [0.2, 0.25) is 0 Å². The Kier molecular flexibility index (Phi) is 5.20. The number of ether oxygens (including phenoxy) is 1. The first-order valence-electron chi connectivity index (χ1n) is 6.80. The molecule has 0 aliphatic heterocycles. The highest BCUT2D eigenvalue weighted by molar-refractivity contribution is 8.45. The van der Waals surface area contributed by atoms with E-state index >= 15 is 0 Å². The molecule has 0 N–H and O–H groups in total. The molecule has 0 aromatic heterocycles. The Morgan fingerprint density at radius 1 is 1.00 bits per heavy atom. The maximum absolute atomic E-state index is 14.1. The van der Waals surface area contributed by atoms with Gasteiger partial charge in [-0.15, -0.1) is 13.2 Å². The van der Waals surface area contributed by atoms with Gasteiger partial charge in [0, 0.05) is 0 Å². The fourth-order valence-corrected chi connectivity index (χ4v) is 2.89. The number of aryl methyl sites for hydroxylation is 1. The highest BCUT2D eigenvalue weighted by atomic mass is 32.5. The van der Waals surface area contributed by atoms with Gasteiger partial charge in [-0.05, 0) is 37.3 Å². The minimum absolute atomic E-state index is 0.160. The molecular weight excluding hydrogens is 342 g/mol. The lowest BCUT2D eigenvalue weighted by Crippen LogP contribution is -2.13. The molecule has 0 aliphatic rings. The van der Waals surface area contributed by atoms with Crippen LogP contribution in [0.4, 0.5) is 23.8 Å². The largest absolute Gasteiger partial charge is 0.492 e. The van der Waals surface area contributed by atoms with Gasteiger partial charge >= 0.3 is 10.2 Å². The predicted octanol–water partition coefficient (Wildman–Crippen LogP) is 6.95. The summed E-state index contributed by atoms with van der Waals surface area (Å²) in [6, 6.07) is 1.76. The number of allylic oxidation sites excluding steroid dienone is 2. The minimum atomic E-state index is -10.2. The number of hydrogen-bond donors (Lipinski definition) is 0. The van der Waals surface area contributed by atoms with Gasteiger partial charge in [-0.3, -0.25) is 0 Å². The average Bonchev–Trinajstić information content (AvgIpc) is 2.39. The maximum Gasteiger partial charge on any atom is 0.316 e. The van der Waals surface area contributed by atoms with Crippen LogP contribution in [0.15, 0.2) is 42.3 Å². The van der Waals surface area contributed by atoms with Crippen molar-refractivity contribution in [3.63, 3.8) is 0 Å². The first kappa shape index (κ1) is 19.5. The molecule has 1 aromatic carbocycles. The lowest BCUT2D eigenvalue weighted by molar-refractivity contribution is 0.285. The van der Waals surface area contributed by atoms with Gasteiger partial charge in [0.25, 0.3) is 0 Å². The summed E-state index contributed by atoms with van der Waals surface area (Å²) in [4.78, 5) is -2.58. The smallest absolute Gasteiger partial charge is 0.316 e. The highest BCUT2D eigenvalue weighted by Crippen LogP contribution is 3.03. The molecule has 132 valence electrons.